The Balaban J connectivity index is 1.83. The minimum atomic E-state index is -0.394. The van der Waals surface area contributed by atoms with Gasteiger partial charge in [0.15, 0.2) is 0 Å². The molecule has 6 nitrogen and oxygen atoms in total. The number of rotatable bonds is 5. The molecule has 0 spiro atoms. The average molecular weight is 235 g/mol. The molecule has 0 amide bonds. The fourth-order valence-electron chi connectivity index (χ4n) is 1.40. The number of methoxy groups -OCH3 is 1. The minimum Gasteiger partial charge on any atom is -0.467 e. The van der Waals surface area contributed by atoms with Gasteiger partial charge in [0.05, 0.1) is 25.4 Å². The predicted octanol–water partition coefficient (Wildman–Crippen LogP) is 1.08. The summed E-state index contributed by atoms with van der Waals surface area (Å²) in [6, 6.07) is 1.66. The number of esters is 1. The molecule has 0 radical (unpaired) electrons. The maximum Gasteiger partial charge on any atom is 0.341 e. The summed E-state index contributed by atoms with van der Waals surface area (Å²) in [6.07, 6.45) is 4.95. The molecule has 0 aliphatic heterocycles. The van der Waals surface area contributed by atoms with Crippen LogP contribution >= 0.6 is 0 Å². The summed E-state index contributed by atoms with van der Waals surface area (Å²) in [5.41, 5.74) is 1.48. The number of H-pyrrole nitrogens is 1. The zero-order valence-electron chi connectivity index (χ0n) is 9.40. The molecule has 0 aromatic carbocycles. The summed E-state index contributed by atoms with van der Waals surface area (Å²) >= 11 is 0. The molecule has 2 heterocycles. The van der Waals surface area contributed by atoms with Gasteiger partial charge in [-0.1, -0.05) is 0 Å². The Hall–Kier alpha value is -2.08. The van der Waals surface area contributed by atoms with Crippen LogP contribution < -0.4 is 5.32 Å². The highest BCUT2D eigenvalue weighted by molar-refractivity contribution is 5.88. The number of carbonyl (C=O) groups excluding carboxylic acids is 1. The molecule has 0 fully saturated rings. The van der Waals surface area contributed by atoms with Gasteiger partial charge in [0.1, 0.15) is 12.0 Å². The molecule has 2 aromatic heterocycles. The van der Waals surface area contributed by atoms with Crippen LogP contribution in [0, 0.1) is 0 Å². The van der Waals surface area contributed by atoms with Crippen LogP contribution in [0.3, 0.4) is 0 Å². The Bertz CT molecular complexity index is 476. The van der Waals surface area contributed by atoms with Crippen LogP contribution in [0.25, 0.3) is 0 Å². The summed E-state index contributed by atoms with van der Waals surface area (Å²) in [6.45, 7) is 1.23. The molecule has 0 bridgehead atoms. The Morgan fingerprint density at radius 3 is 3.18 bits per heavy atom. The van der Waals surface area contributed by atoms with E-state index in [1.807, 2.05) is 6.20 Å². The molecule has 2 aromatic rings. The highest BCUT2D eigenvalue weighted by atomic mass is 16.5. The number of hydrogen-bond donors (Lipinski definition) is 2. The number of carbonyl (C=O) groups is 1. The lowest BCUT2D eigenvalue weighted by molar-refractivity contribution is 0.0600. The molecule has 0 atom stereocenters. The topological polar surface area (TPSA) is 80.2 Å². The minimum absolute atomic E-state index is 0.394. The first-order valence-electron chi connectivity index (χ1n) is 5.13. The zero-order chi connectivity index (χ0) is 12.1. The van der Waals surface area contributed by atoms with E-state index in [4.69, 9.17) is 4.42 Å². The van der Waals surface area contributed by atoms with Crippen LogP contribution in [0.5, 0.6) is 0 Å². The SMILES string of the molecule is COC(=O)c1coc(CNCc2cn[nH]c2)c1. The highest BCUT2D eigenvalue weighted by Gasteiger charge is 2.09. The predicted molar refractivity (Wildman–Crippen MR) is 59.2 cm³/mol. The van der Waals surface area contributed by atoms with Crippen LogP contribution in [0.1, 0.15) is 21.7 Å². The van der Waals surface area contributed by atoms with Gasteiger partial charge in [-0.2, -0.15) is 5.10 Å². The number of aromatic nitrogens is 2. The summed E-state index contributed by atoms with van der Waals surface area (Å²) in [7, 11) is 1.34. The van der Waals surface area contributed by atoms with Crippen molar-refractivity contribution in [1.82, 2.24) is 15.5 Å². The van der Waals surface area contributed by atoms with E-state index in [1.165, 1.54) is 13.4 Å². The number of nitrogens with zero attached hydrogens (tertiary/aromatic N) is 1. The van der Waals surface area contributed by atoms with E-state index in [0.29, 0.717) is 24.4 Å². The van der Waals surface area contributed by atoms with E-state index < -0.39 is 5.97 Å². The molecule has 90 valence electrons. The van der Waals surface area contributed by atoms with Gasteiger partial charge < -0.3 is 14.5 Å². The molecule has 6 heteroatoms. The first kappa shape index (κ1) is 11.4. The Morgan fingerprint density at radius 2 is 2.47 bits per heavy atom. The van der Waals surface area contributed by atoms with Crippen molar-refractivity contribution in [2.75, 3.05) is 7.11 Å². The van der Waals surface area contributed by atoms with Crippen molar-refractivity contribution >= 4 is 5.97 Å². The molecule has 0 aliphatic rings. The fourth-order valence-corrected chi connectivity index (χ4v) is 1.40. The average Bonchev–Trinajstić information content (AvgIpc) is 2.99. The van der Waals surface area contributed by atoms with Gasteiger partial charge in [-0.25, -0.2) is 4.79 Å². The summed E-state index contributed by atoms with van der Waals surface area (Å²) < 4.78 is 9.80. The number of ether oxygens (including phenoxy) is 1. The Labute approximate surface area is 98.0 Å². The molecule has 17 heavy (non-hydrogen) atoms. The van der Waals surface area contributed by atoms with Crippen molar-refractivity contribution in [3.63, 3.8) is 0 Å². The van der Waals surface area contributed by atoms with Crippen molar-refractivity contribution in [1.29, 1.82) is 0 Å². The molecule has 2 rings (SSSR count). The fraction of sp³-hybridized carbons (Fsp3) is 0.273. The van der Waals surface area contributed by atoms with Gasteiger partial charge in [0.25, 0.3) is 0 Å². The molecule has 2 N–H and O–H groups in total. The third-order valence-electron chi connectivity index (χ3n) is 2.26. The van der Waals surface area contributed by atoms with Crippen molar-refractivity contribution < 1.29 is 13.9 Å². The largest absolute Gasteiger partial charge is 0.467 e. The summed E-state index contributed by atoms with van der Waals surface area (Å²) in [5, 5.41) is 9.74. The normalized spacial score (nSPS) is 10.4. The number of furan rings is 1. The Kier molecular flexibility index (Phi) is 3.56. The summed E-state index contributed by atoms with van der Waals surface area (Å²) in [4.78, 5) is 11.2. The van der Waals surface area contributed by atoms with Crippen molar-refractivity contribution in [2.24, 2.45) is 0 Å². The molecular formula is C11H13N3O3. The van der Waals surface area contributed by atoms with Crippen LogP contribution in [0.2, 0.25) is 0 Å². The van der Waals surface area contributed by atoms with E-state index in [1.54, 1.807) is 12.3 Å². The monoisotopic (exact) mass is 235 g/mol. The number of aromatic amines is 1. The quantitative estimate of drug-likeness (QED) is 0.758. The summed E-state index contributed by atoms with van der Waals surface area (Å²) in [5.74, 6) is 0.295. The molecule has 0 saturated heterocycles. The number of nitrogens with one attached hydrogen (secondary N) is 2. The molecular weight excluding hydrogens is 222 g/mol. The Morgan fingerprint density at radius 1 is 1.59 bits per heavy atom. The van der Waals surface area contributed by atoms with E-state index in [2.05, 4.69) is 20.3 Å². The lowest BCUT2D eigenvalue weighted by Crippen LogP contribution is -2.11. The second kappa shape index (κ2) is 5.31. The second-order valence-corrected chi connectivity index (χ2v) is 3.50. The van der Waals surface area contributed by atoms with E-state index in [9.17, 15) is 4.79 Å². The van der Waals surface area contributed by atoms with Crippen LogP contribution in [0.15, 0.2) is 29.1 Å². The van der Waals surface area contributed by atoms with Gasteiger partial charge in [0.2, 0.25) is 0 Å². The first-order valence-corrected chi connectivity index (χ1v) is 5.13. The third-order valence-corrected chi connectivity index (χ3v) is 2.26. The molecule has 0 saturated carbocycles. The maximum absolute atomic E-state index is 11.2. The first-order chi connectivity index (χ1) is 8.29. The maximum atomic E-state index is 11.2. The van der Waals surface area contributed by atoms with Crippen molar-refractivity contribution in [2.45, 2.75) is 13.1 Å². The van der Waals surface area contributed by atoms with Crippen molar-refractivity contribution in [3.05, 3.63) is 41.6 Å². The third kappa shape index (κ3) is 2.94. The lowest BCUT2D eigenvalue weighted by atomic mass is 10.3. The van der Waals surface area contributed by atoms with Gasteiger partial charge in [-0.05, 0) is 6.07 Å². The molecule has 0 unspecified atom stereocenters. The van der Waals surface area contributed by atoms with Crippen LogP contribution in [-0.4, -0.2) is 23.3 Å². The zero-order valence-corrected chi connectivity index (χ0v) is 9.40. The van der Waals surface area contributed by atoms with Gasteiger partial charge >= 0.3 is 5.97 Å². The lowest BCUT2D eigenvalue weighted by Gasteiger charge is -1.98. The van der Waals surface area contributed by atoms with Gasteiger partial charge in [0, 0.05) is 18.3 Å². The van der Waals surface area contributed by atoms with Gasteiger partial charge in [-0.3, -0.25) is 5.10 Å². The van der Waals surface area contributed by atoms with E-state index in [-0.39, 0.29) is 0 Å². The van der Waals surface area contributed by atoms with Crippen LogP contribution in [-0.2, 0) is 17.8 Å². The molecule has 0 aliphatic carbocycles. The van der Waals surface area contributed by atoms with Crippen LogP contribution in [0.4, 0.5) is 0 Å². The number of hydrogen-bond acceptors (Lipinski definition) is 5. The van der Waals surface area contributed by atoms with E-state index in [0.717, 1.165) is 5.56 Å². The second-order valence-electron chi connectivity index (χ2n) is 3.50. The highest BCUT2D eigenvalue weighted by Crippen LogP contribution is 2.08. The van der Waals surface area contributed by atoms with Gasteiger partial charge in [-0.15, -0.1) is 0 Å². The van der Waals surface area contributed by atoms with E-state index >= 15 is 0 Å². The smallest absolute Gasteiger partial charge is 0.341 e. The standard InChI is InChI=1S/C11H13N3O3/c1-16-11(15)9-2-10(17-7-9)6-12-3-8-4-13-14-5-8/h2,4-5,7,12H,3,6H2,1H3,(H,13,14). The van der Waals surface area contributed by atoms with Crippen molar-refractivity contribution in [3.8, 4) is 0 Å².